The van der Waals surface area contributed by atoms with Gasteiger partial charge in [0.25, 0.3) is 0 Å². The quantitative estimate of drug-likeness (QED) is 0.297. The molecule has 0 saturated heterocycles. The number of nitrogens with zero attached hydrogens (tertiary/aromatic N) is 2. The van der Waals surface area contributed by atoms with Crippen molar-refractivity contribution in [2.45, 2.75) is 0 Å². The fourth-order valence-corrected chi connectivity index (χ4v) is 3.61. The Balaban J connectivity index is 2.04. The first-order valence-corrected chi connectivity index (χ1v) is 8.66. The maximum absolute atomic E-state index is 11.1. The predicted octanol–water partition coefficient (Wildman–Crippen LogP) is 5.96. The third-order valence-electron chi connectivity index (χ3n) is 4.59. The zero-order chi connectivity index (χ0) is 17.7. The van der Waals surface area contributed by atoms with Crippen LogP contribution >= 0.6 is 11.6 Å². The molecule has 0 atom stereocenters. The monoisotopic (exact) mass is 356 g/mol. The van der Waals surface area contributed by atoms with Gasteiger partial charge in [-0.25, -0.2) is 9.97 Å². The lowest BCUT2D eigenvalue weighted by atomic mass is 9.97. The largest absolute Gasteiger partial charge is 0.507 e. The second-order valence-corrected chi connectivity index (χ2v) is 6.63. The van der Waals surface area contributed by atoms with Crippen molar-refractivity contribution in [1.82, 2.24) is 9.97 Å². The molecule has 1 aromatic heterocycles. The maximum Gasteiger partial charge on any atom is 0.133 e. The molecule has 0 bridgehead atoms. The molecule has 4 heteroatoms. The van der Waals surface area contributed by atoms with Gasteiger partial charge in [0.1, 0.15) is 11.3 Å². The summed E-state index contributed by atoms with van der Waals surface area (Å²) in [7, 11) is 0. The van der Waals surface area contributed by atoms with E-state index < -0.39 is 0 Å². The number of halogens is 1. The summed E-state index contributed by atoms with van der Waals surface area (Å²) >= 11 is 6.19. The van der Waals surface area contributed by atoms with Crippen molar-refractivity contribution >= 4 is 44.4 Å². The Morgan fingerprint density at radius 2 is 1.35 bits per heavy atom. The number of aromatic nitrogens is 2. The van der Waals surface area contributed by atoms with E-state index >= 15 is 0 Å². The number of para-hydroxylation sites is 2. The van der Waals surface area contributed by atoms with Crippen LogP contribution in [0.2, 0.25) is 5.02 Å². The molecular formula is C22H13ClN2O. The Morgan fingerprint density at radius 3 is 2.08 bits per heavy atom. The summed E-state index contributed by atoms with van der Waals surface area (Å²) < 4.78 is 0. The Kier molecular flexibility index (Phi) is 3.30. The number of phenols is 1. The number of aromatic hydroxyl groups is 1. The molecule has 124 valence electrons. The van der Waals surface area contributed by atoms with E-state index in [-0.39, 0.29) is 5.75 Å². The number of rotatable bonds is 1. The standard InChI is InChI=1S/C22H13ClN2O/c23-14-7-5-6-13(12-14)19-21-20(15-8-1-2-9-16(15)22(19)26)24-17-10-3-4-11-18(17)25-21/h1-12,26H. The lowest BCUT2D eigenvalue weighted by Crippen LogP contribution is -1.93. The van der Waals surface area contributed by atoms with Crippen LogP contribution in [0.5, 0.6) is 5.75 Å². The summed E-state index contributed by atoms with van der Waals surface area (Å²) in [6, 6.07) is 22.9. The molecule has 26 heavy (non-hydrogen) atoms. The second kappa shape index (κ2) is 5.68. The summed E-state index contributed by atoms with van der Waals surface area (Å²) in [6.45, 7) is 0. The van der Waals surface area contributed by atoms with E-state index in [1.165, 1.54) is 0 Å². The average Bonchev–Trinajstić information content (AvgIpc) is 2.67. The molecule has 0 radical (unpaired) electrons. The number of phenolic OH excluding ortho intramolecular Hbond substituents is 1. The van der Waals surface area contributed by atoms with E-state index in [4.69, 9.17) is 21.6 Å². The Morgan fingerprint density at radius 1 is 0.692 bits per heavy atom. The minimum Gasteiger partial charge on any atom is -0.507 e. The van der Waals surface area contributed by atoms with Crippen molar-refractivity contribution in [3.8, 4) is 16.9 Å². The van der Waals surface area contributed by atoms with Gasteiger partial charge < -0.3 is 5.11 Å². The maximum atomic E-state index is 11.1. The van der Waals surface area contributed by atoms with Gasteiger partial charge in [0, 0.05) is 15.8 Å². The smallest absolute Gasteiger partial charge is 0.133 e. The highest BCUT2D eigenvalue weighted by atomic mass is 35.5. The highest BCUT2D eigenvalue weighted by Crippen LogP contribution is 2.42. The molecule has 1 N–H and O–H groups in total. The van der Waals surface area contributed by atoms with Crippen LogP contribution in [-0.4, -0.2) is 15.1 Å². The normalized spacial score (nSPS) is 11.4. The van der Waals surface area contributed by atoms with E-state index in [0.29, 0.717) is 16.1 Å². The number of hydrogen-bond donors (Lipinski definition) is 1. The van der Waals surface area contributed by atoms with E-state index in [9.17, 15) is 5.11 Å². The van der Waals surface area contributed by atoms with Crippen LogP contribution in [0.1, 0.15) is 0 Å². The van der Waals surface area contributed by atoms with E-state index in [1.54, 1.807) is 0 Å². The topological polar surface area (TPSA) is 46.0 Å². The molecule has 0 spiro atoms. The molecule has 0 amide bonds. The Hall–Kier alpha value is -3.17. The van der Waals surface area contributed by atoms with Gasteiger partial charge in [0.2, 0.25) is 0 Å². The Bertz CT molecular complexity index is 1310. The van der Waals surface area contributed by atoms with Crippen LogP contribution < -0.4 is 0 Å². The first-order chi connectivity index (χ1) is 12.7. The van der Waals surface area contributed by atoms with E-state index in [2.05, 4.69) is 0 Å². The molecule has 1 heterocycles. The molecule has 0 fully saturated rings. The molecule has 0 unspecified atom stereocenters. The zero-order valence-electron chi connectivity index (χ0n) is 13.6. The van der Waals surface area contributed by atoms with Crippen molar-refractivity contribution in [3.63, 3.8) is 0 Å². The summed E-state index contributed by atoms with van der Waals surface area (Å²) in [5.41, 5.74) is 4.52. The van der Waals surface area contributed by atoms with Crippen molar-refractivity contribution < 1.29 is 5.11 Å². The SMILES string of the molecule is Oc1c(-c2cccc(Cl)c2)c2nc3ccccc3nc2c2ccccc12. The first kappa shape index (κ1) is 15.1. The molecule has 5 rings (SSSR count). The molecule has 0 aliphatic rings. The van der Waals surface area contributed by atoms with E-state index in [1.807, 2.05) is 72.8 Å². The third kappa shape index (κ3) is 2.21. The minimum absolute atomic E-state index is 0.194. The van der Waals surface area contributed by atoms with Crippen LogP contribution in [0.25, 0.3) is 44.0 Å². The highest BCUT2D eigenvalue weighted by molar-refractivity contribution is 6.31. The molecular weight excluding hydrogens is 344 g/mol. The van der Waals surface area contributed by atoms with Crippen molar-refractivity contribution in [2.24, 2.45) is 0 Å². The van der Waals surface area contributed by atoms with Gasteiger partial charge >= 0.3 is 0 Å². The zero-order valence-corrected chi connectivity index (χ0v) is 14.4. The number of hydrogen-bond acceptors (Lipinski definition) is 3. The van der Waals surface area contributed by atoms with Gasteiger partial charge in [0.15, 0.2) is 0 Å². The molecule has 0 aliphatic heterocycles. The summed E-state index contributed by atoms with van der Waals surface area (Å²) in [4.78, 5) is 9.68. The lowest BCUT2D eigenvalue weighted by Gasteiger charge is -2.13. The fourth-order valence-electron chi connectivity index (χ4n) is 3.42. The molecule has 0 saturated carbocycles. The lowest BCUT2D eigenvalue weighted by molar-refractivity contribution is 0.484. The molecule has 0 aliphatic carbocycles. The van der Waals surface area contributed by atoms with E-state index in [0.717, 1.165) is 32.9 Å². The average molecular weight is 357 g/mol. The van der Waals surface area contributed by atoms with Gasteiger partial charge in [-0.05, 0) is 29.8 Å². The van der Waals surface area contributed by atoms with Crippen LogP contribution in [0.15, 0.2) is 72.8 Å². The van der Waals surface area contributed by atoms with Gasteiger partial charge in [-0.1, -0.05) is 60.1 Å². The fraction of sp³-hybridized carbons (Fsp3) is 0. The summed E-state index contributed by atoms with van der Waals surface area (Å²) in [6.07, 6.45) is 0. The summed E-state index contributed by atoms with van der Waals surface area (Å²) in [5, 5.41) is 13.3. The van der Waals surface area contributed by atoms with Crippen molar-refractivity contribution in [2.75, 3.05) is 0 Å². The predicted molar refractivity (Wildman–Crippen MR) is 107 cm³/mol. The summed E-state index contributed by atoms with van der Waals surface area (Å²) in [5.74, 6) is 0.194. The van der Waals surface area contributed by atoms with Gasteiger partial charge in [-0.15, -0.1) is 0 Å². The van der Waals surface area contributed by atoms with Crippen LogP contribution in [-0.2, 0) is 0 Å². The van der Waals surface area contributed by atoms with Crippen LogP contribution in [0.3, 0.4) is 0 Å². The molecule has 3 nitrogen and oxygen atoms in total. The van der Waals surface area contributed by atoms with Crippen molar-refractivity contribution in [1.29, 1.82) is 0 Å². The Labute approximate surface area is 154 Å². The van der Waals surface area contributed by atoms with Gasteiger partial charge in [0.05, 0.1) is 22.1 Å². The van der Waals surface area contributed by atoms with Crippen LogP contribution in [0.4, 0.5) is 0 Å². The van der Waals surface area contributed by atoms with Gasteiger partial charge in [-0.2, -0.15) is 0 Å². The van der Waals surface area contributed by atoms with Crippen molar-refractivity contribution in [3.05, 3.63) is 77.8 Å². The first-order valence-electron chi connectivity index (χ1n) is 8.28. The molecule has 4 aromatic carbocycles. The third-order valence-corrected chi connectivity index (χ3v) is 4.83. The van der Waals surface area contributed by atoms with Crippen LogP contribution in [0, 0.1) is 0 Å². The van der Waals surface area contributed by atoms with Gasteiger partial charge in [-0.3, -0.25) is 0 Å². The second-order valence-electron chi connectivity index (χ2n) is 6.19. The molecule has 5 aromatic rings. The highest BCUT2D eigenvalue weighted by Gasteiger charge is 2.18. The number of benzene rings is 4. The minimum atomic E-state index is 0.194. The number of fused-ring (bicyclic) bond motifs is 4.